The standard InChI is InChI=1S/C49H28O4/c1-7-11-14-15-16-17-18-19-32-51-44-23-20-22-41(34-44)46-35-43(48(50-6)36-40(46)21-10-4)27-26-39-25-24-38(5)33-45(39)42-28-29-47(52-30-12-8-2)49(37-42)53-31-13-9-3/h1-3,10,20-29,33-37H,4-6H3. The first kappa shape index (κ1) is 37.4. The average Bonchev–Trinajstić information content (AvgIpc) is 3.17. The molecule has 0 N–H and O–H groups in total. The Morgan fingerprint density at radius 2 is 1.15 bits per heavy atom. The summed E-state index contributed by atoms with van der Waals surface area (Å²) in [6.07, 6.45) is 31.2. The van der Waals surface area contributed by atoms with Gasteiger partial charge in [-0.3, -0.25) is 0 Å². The highest BCUT2D eigenvalue weighted by Crippen LogP contribution is 2.37. The van der Waals surface area contributed by atoms with Crippen molar-refractivity contribution in [3.63, 3.8) is 0 Å². The van der Waals surface area contributed by atoms with Crippen molar-refractivity contribution < 1.29 is 18.9 Å². The van der Waals surface area contributed by atoms with Crippen molar-refractivity contribution in [3.05, 3.63) is 101 Å². The molecule has 4 heteroatoms. The molecule has 0 amide bonds. The van der Waals surface area contributed by atoms with E-state index in [-0.39, 0.29) is 0 Å². The normalized spacial score (nSPS) is 9.06. The third kappa shape index (κ3) is 11.1. The molecule has 0 unspecified atom stereocenters. The second kappa shape index (κ2) is 20.2. The van der Waals surface area contributed by atoms with E-state index in [9.17, 15) is 0 Å². The van der Waals surface area contributed by atoms with Crippen molar-refractivity contribution in [2.45, 2.75) is 13.8 Å². The Kier molecular flexibility index (Phi) is 14.3. The van der Waals surface area contributed by atoms with Gasteiger partial charge in [-0.25, -0.2) is 0 Å². The van der Waals surface area contributed by atoms with Crippen LogP contribution in [0.4, 0.5) is 0 Å². The van der Waals surface area contributed by atoms with Gasteiger partial charge in [-0.1, -0.05) is 66.3 Å². The maximum Gasteiger partial charge on any atom is 0.184 e. The van der Waals surface area contributed by atoms with E-state index in [2.05, 4.69) is 108 Å². The molecule has 0 aliphatic rings. The lowest BCUT2D eigenvalue weighted by Crippen LogP contribution is -1.93. The van der Waals surface area contributed by atoms with Gasteiger partial charge in [0.1, 0.15) is 29.8 Å². The van der Waals surface area contributed by atoms with Crippen LogP contribution >= 0.6 is 0 Å². The molecule has 0 aliphatic carbocycles. The van der Waals surface area contributed by atoms with E-state index in [1.54, 1.807) is 13.2 Å². The summed E-state index contributed by atoms with van der Waals surface area (Å²) in [5.74, 6) is 31.2. The van der Waals surface area contributed by atoms with Crippen LogP contribution in [0.3, 0.4) is 0 Å². The highest BCUT2D eigenvalue weighted by Gasteiger charge is 2.13. The zero-order chi connectivity index (χ0) is 37.7. The third-order valence-corrected chi connectivity index (χ3v) is 7.03. The maximum absolute atomic E-state index is 5.85. The van der Waals surface area contributed by atoms with Gasteiger partial charge >= 0.3 is 0 Å². The summed E-state index contributed by atoms with van der Waals surface area (Å²) in [5, 5.41) is 0. The molecule has 0 spiro atoms. The van der Waals surface area contributed by atoms with Crippen molar-refractivity contribution in [1.82, 2.24) is 0 Å². The highest BCUT2D eigenvalue weighted by molar-refractivity contribution is 5.86. The molecular formula is C49H28O4. The summed E-state index contributed by atoms with van der Waals surface area (Å²) in [5.41, 5.74) is 7.53. The molecule has 248 valence electrons. The van der Waals surface area contributed by atoms with Crippen LogP contribution in [0.25, 0.3) is 40.5 Å². The molecule has 0 saturated carbocycles. The maximum atomic E-state index is 5.85. The second-order valence-corrected chi connectivity index (χ2v) is 10.5. The Bertz CT molecular complexity index is 2610. The molecule has 0 bridgehead atoms. The fourth-order valence-electron chi connectivity index (χ4n) is 4.82. The van der Waals surface area contributed by atoms with Crippen molar-refractivity contribution in [2.75, 3.05) is 7.11 Å². The molecule has 0 radical (unpaired) electrons. The monoisotopic (exact) mass is 680 g/mol. The van der Waals surface area contributed by atoms with Gasteiger partial charge in [0.2, 0.25) is 0 Å². The predicted molar refractivity (Wildman–Crippen MR) is 214 cm³/mol. The van der Waals surface area contributed by atoms with Gasteiger partial charge in [0.15, 0.2) is 11.5 Å². The minimum absolute atomic E-state index is 0.334. The average molecular weight is 681 g/mol. The number of rotatable bonds is 9. The minimum atomic E-state index is 0.334. The van der Waals surface area contributed by atoms with E-state index in [1.807, 2.05) is 86.7 Å². The lowest BCUT2D eigenvalue weighted by molar-refractivity contribution is 0.414. The SMILES string of the molecule is C#CC#CC#CC#CC#COc1cccc(-c2cc(C=Cc3ccc(C)cc3-c3ccc(OC#CC#C)c(OC#CC#C)c3)c(OC)cc2C=CC)c1. The number of ether oxygens (including phenoxy) is 4. The summed E-state index contributed by atoms with van der Waals surface area (Å²) in [7, 11) is 1.65. The minimum Gasteiger partial charge on any atom is -0.496 e. The number of allylic oxidation sites excluding steroid dienone is 1. The zero-order valence-corrected chi connectivity index (χ0v) is 29.1. The molecule has 4 rings (SSSR count). The van der Waals surface area contributed by atoms with Crippen LogP contribution in [0.1, 0.15) is 29.2 Å². The Balaban J connectivity index is 1.73. The smallest absolute Gasteiger partial charge is 0.184 e. The van der Waals surface area contributed by atoms with E-state index in [4.69, 9.17) is 38.2 Å². The van der Waals surface area contributed by atoms with Crippen LogP contribution in [0, 0.1) is 116 Å². The first-order valence-corrected chi connectivity index (χ1v) is 15.8. The van der Waals surface area contributed by atoms with E-state index in [1.165, 1.54) is 0 Å². The Morgan fingerprint density at radius 3 is 1.87 bits per heavy atom. The molecular weight excluding hydrogens is 653 g/mol. The molecule has 4 aromatic rings. The van der Waals surface area contributed by atoms with Crippen LogP contribution in [0.5, 0.6) is 23.0 Å². The second-order valence-electron chi connectivity index (χ2n) is 10.5. The van der Waals surface area contributed by atoms with E-state index >= 15 is 0 Å². The molecule has 0 fully saturated rings. The van der Waals surface area contributed by atoms with Gasteiger partial charge in [0, 0.05) is 41.1 Å². The number of aryl methyl sites for hydroxylation is 1. The summed E-state index contributed by atoms with van der Waals surface area (Å²) in [4.78, 5) is 0. The molecule has 0 saturated heterocycles. The van der Waals surface area contributed by atoms with Gasteiger partial charge in [-0.2, -0.15) is 0 Å². The topological polar surface area (TPSA) is 36.9 Å². The third-order valence-electron chi connectivity index (χ3n) is 7.03. The number of terminal acetylenes is 3. The predicted octanol–water partition coefficient (Wildman–Crippen LogP) is 8.47. The van der Waals surface area contributed by atoms with E-state index in [0.717, 1.165) is 44.5 Å². The molecule has 0 atom stereocenters. The number of benzene rings is 4. The molecule has 0 aliphatic heterocycles. The first-order valence-electron chi connectivity index (χ1n) is 15.8. The number of hydrogen-bond donors (Lipinski definition) is 0. The van der Waals surface area contributed by atoms with Crippen molar-refractivity contribution in [1.29, 1.82) is 0 Å². The van der Waals surface area contributed by atoms with E-state index in [0.29, 0.717) is 23.0 Å². The summed E-state index contributed by atoms with van der Waals surface area (Å²) in [6, 6.07) is 23.4. The highest BCUT2D eigenvalue weighted by atomic mass is 16.5. The number of hydrogen-bond acceptors (Lipinski definition) is 4. The Hall–Kier alpha value is -8.40. The van der Waals surface area contributed by atoms with Gasteiger partial charge < -0.3 is 18.9 Å². The summed E-state index contributed by atoms with van der Waals surface area (Å²) in [6.45, 7) is 3.99. The lowest BCUT2D eigenvalue weighted by Gasteiger charge is -2.14. The van der Waals surface area contributed by atoms with Crippen LogP contribution in [0.2, 0.25) is 0 Å². The molecule has 0 aromatic heterocycles. The molecule has 53 heavy (non-hydrogen) atoms. The van der Waals surface area contributed by atoms with Gasteiger partial charge in [-0.05, 0) is 119 Å². The summed E-state index contributed by atoms with van der Waals surface area (Å²) < 4.78 is 22.6. The lowest BCUT2D eigenvalue weighted by atomic mass is 9.94. The number of methoxy groups -OCH3 is 1. The largest absolute Gasteiger partial charge is 0.496 e. The van der Waals surface area contributed by atoms with Crippen LogP contribution in [-0.2, 0) is 0 Å². The van der Waals surface area contributed by atoms with E-state index < -0.39 is 0 Å². The van der Waals surface area contributed by atoms with Crippen LogP contribution in [0.15, 0.2) is 78.9 Å². The molecule has 0 heterocycles. The molecule has 4 nitrogen and oxygen atoms in total. The van der Waals surface area contributed by atoms with Gasteiger partial charge in [0.05, 0.1) is 7.11 Å². The van der Waals surface area contributed by atoms with Gasteiger partial charge in [-0.15, -0.1) is 19.3 Å². The Labute approximate surface area is 312 Å². The van der Waals surface area contributed by atoms with Crippen LogP contribution in [-0.4, -0.2) is 7.11 Å². The fraction of sp³-hybridized carbons (Fsp3) is 0.0612. The fourth-order valence-corrected chi connectivity index (χ4v) is 4.82. The van der Waals surface area contributed by atoms with Crippen LogP contribution < -0.4 is 18.9 Å². The summed E-state index contributed by atoms with van der Waals surface area (Å²) >= 11 is 0. The van der Waals surface area contributed by atoms with Crippen molar-refractivity contribution in [3.8, 4) is 154 Å². The quantitative estimate of drug-likeness (QED) is 0.131. The van der Waals surface area contributed by atoms with Crippen molar-refractivity contribution in [2.24, 2.45) is 0 Å². The molecule has 4 aromatic carbocycles. The van der Waals surface area contributed by atoms with Crippen molar-refractivity contribution >= 4 is 18.2 Å². The van der Waals surface area contributed by atoms with Gasteiger partial charge in [0.25, 0.3) is 0 Å². The zero-order valence-electron chi connectivity index (χ0n) is 29.1. The Morgan fingerprint density at radius 1 is 0.509 bits per heavy atom. The first-order chi connectivity index (χ1) is 26.0.